The van der Waals surface area contributed by atoms with E-state index < -0.39 is 0 Å². The summed E-state index contributed by atoms with van der Waals surface area (Å²) in [6.45, 7) is 2.09. The number of para-hydroxylation sites is 2. The Bertz CT molecular complexity index is 504. The van der Waals surface area contributed by atoms with Crippen molar-refractivity contribution in [3.8, 4) is 0 Å². The van der Waals surface area contributed by atoms with E-state index in [-0.39, 0.29) is 17.7 Å². The van der Waals surface area contributed by atoms with Gasteiger partial charge in [0.25, 0.3) is 0 Å². The van der Waals surface area contributed by atoms with E-state index in [0.717, 1.165) is 13.0 Å². The lowest BCUT2D eigenvalue weighted by molar-refractivity contribution is -0.121. The maximum absolute atomic E-state index is 11.9. The number of nitrogens with two attached hydrogens (primary N) is 2. The number of nitrogens with zero attached hydrogens (tertiary/aromatic N) is 1. The van der Waals surface area contributed by atoms with E-state index in [9.17, 15) is 9.59 Å². The highest BCUT2D eigenvalue weighted by Crippen LogP contribution is 2.18. The number of benzene rings is 1. The summed E-state index contributed by atoms with van der Waals surface area (Å²) < 4.78 is 0. The van der Waals surface area contributed by atoms with Gasteiger partial charge < -0.3 is 21.7 Å². The molecule has 108 valence electrons. The topological polar surface area (TPSA) is 101 Å². The lowest BCUT2D eigenvalue weighted by Crippen LogP contribution is -2.29. The summed E-state index contributed by atoms with van der Waals surface area (Å²) in [6.07, 6.45) is 1.16. The zero-order valence-corrected chi connectivity index (χ0v) is 11.3. The Morgan fingerprint density at radius 2 is 2.10 bits per heavy atom. The van der Waals surface area contributed by atoms with Crippen molar-refractivity contribution in [1.29, 1.82) is 0 Å². The number of amides is 2. The second-order valence-corrected chi connectivity index (χ2v) is 5.07. The van der Waals surface area contributed by atoms with Gasteiger partial charge in [-0.15, -0.1) is 0 Å². The van der Waals surface area contributed by atoms with E-state index in [1.165, 1.54) is 0 Å². The van der Waals surface area contributed by atoms with Crippen LogP contribution < -0.4 is 16.8 Å². The molecule has 0 spiro atoms. The molecule has 0 saturated carbocycles. The van der Waals surface area contributed by atoms with Crippen molar-refractivity contribution in [3.63, 3.8) is 0 Å². The van der Waals surface area contributed by atoms with Crippen LogP contribution in [-0.4, -0.2) is 36.3 Å². The Labute approximate surface area is 118 Å². The number of nitrogens with one attached hydrogen (secondary N) is 1. The first kappa shape index (κ1) is 14.3. The number of rotatable bonds is 5. The van der Waals surface area contributed by atoms with Gasteiger partial charge in [0.15, 0.2) is 0 Å². The second kappa shape index (κ2) is 6.38. The third-order valence-electron chi connectivity index (χ3n) is 3.56. The van der Waals surface area contributed by atoms with Crippen molar-refractivity contribution < 1.29 is 9.59 Å². The molecule has 2 amide bonds. The molecule has 6 heteroatoms. The molecule has 1 atom stereocenters. The van der Waals surface area contributed by atoms with Gasteiger partial charge in [0.1, 0.15) is 0 Å². The third-order valence-corrected chi connectivity index (χ3v) is 3.56. The highest BCUT2D eigenvalue weighted by atomic mass is 16.2. The van der Waals surface area contributed by atoms with E-state index in [4.69, 9.17) is 11.5 Å². The van der Waals surface area contributed by atoms with Gasteiger partial charge in [0.2, 0.25) is 11.8 Å². The van der Waals surface area contributed by atoms with Crippen LogP contribution in [0.5, 0.6) is 0 Å². The first-order valence-electron chi connectivity index (χ1n) is 6.72. The van der Waals surface area contributed by atoms with Gasteiger partial charge >= 0.3 is 0 Å². The molecule has 5 N–H and O–H groups in total. The van der Waals surface area contributed by atoms with Crippen LogP contribution >= 0.6 is 0 Å². The van der Waals surface area contributed by atoms with Gasteiger partial charge in [-0.2, -0.15) is 0 Å². The lowest BCUT2D eigenvalue weighted by atomic mass is 10.1. The van der Waals surface area contributed by atoms with Crippen molar-refractivity contribution in [1.82, 2.24) is 4.90 Å². The molecule has 0 aliphatic carbocycles. The maximum Gasteiger partial charge on any atom is 0.225 e. The van der Waals surface area contributed by atoms with Gasteiger partial charge in [0, 0.05) is 19.5 Å². The fourth-order valence-electron chi connectivity index (χ4n) is 2.35. The summed E-state index contributed by atoms with van der Waals surface area (Å²) in [5, 5.41) is 2.79. The third kappa shape index (κ3) is 3.71. The van der Waals surface area contributed by atoms with Crippen LogP contribution in [0.4, 0.5) is 11.4 Å². The molecule has 1 aromatic carbocycles. The molecule has 6 nitrogen and oxygen atoms in total. The number of likely N-dealkylation sites (tertiary alicyclic amines) is 1. The average molecular weight is 276 g/mol. The highest BCUT2D eigenvalue weighted by Gasteiger charge is 2.26. The van der Waals surface area contributed by atoms with E-state index in [2.05, 4.69) is 10.2 Å². The average Bonchev–Trinajstić information content (AvgIpc) is 2.88. The molecular formula is C14H20N4O2. The quantitative estimate of drug-likeness (QED) is 0.678. The molecule has 0 bridgehead atoms. The molecular weight excluding hydrogens is 256 g/mol. The Hall–Kier alpha value is -2.08. The van der Waals surface area contributed by atoms with Crippen molar-refractivity contribution in [2.24, 2.45) is 11.7 Å². The molecule has 1 unspecified atom stereocenters. The summed E-state index contributed by atoms with van der Waals surface area (Å²) in [5.74, 6) is -0.415. The van der Waals surface area contributed by atoms with E-state index in [1.807, 2.05) is 12.1 Å². The number of anilines is 2. The summed E-state index contributed by atoms with van der Waals surface area (Å²) >= 11 is 0. The van der Waals surface area contributed by atoms with Crippen LogP contribution in [0.1, 0.15) is 12.8 Å². The number of carbonyl (C=O) groups is 2. The smallest absolute Gasteiger partial charge is 0.225 e. The molecule has 1 aromatic rings. The molecule has 1 aliphatic heterocycles. The minimum atomic E-state index is -0.256. The van der Waals surface area contributed by atoms with E-state index in [1.54, 1.807) is 12.1 Å². The van der Waals surface area contributed by atoms with Gasteiger partial charge in [-0.25, -0.2) is 0 Å². The largest absolute Gasteiger partial charge is 0.397 e. The molecule has 0 radical (unpaired) electrons. The maximum atomic E-state index is 11.9. The van der Waals surface area contributed by atoms with Gasteiger partial charge in [0.05, 0.1) is 17.3 Å². The van der Waals surface area contributed by atoms with E-state index >= 15 is 0 Å². The van der Waals surface area contributed by atoms with Crippen LogP contribution in [-0.2, 0) is 9.59 Å². The Balaban J connectivity index is 1.76. The van der Waals surface area contributed by atoms with Crippen molar-refractivity contribution in [3.05, 3.63) is 24.3 Å². The van der Waals surface area contributed by atoms with Gasteiger partial charge in [-0.05, 0) is 25.1 Å². The molecule has 0 aromatic heterocycles. The molecule has 2 rings (SSSR count). The molecule has 1 aliphatic rings. The monoisotopic (exact) mass is 276 g/mol. The van der Waals surface area contributed by atoms with Crippen LogP contribution in [0.2, 0.25) is 0 Å². The number of carbonyl (C=O) groups excluding carboxylic acids is 2. The lowest BCUT2D eigenvalue weighted by Gasteiger charge is -2.15. The highest BCUT2D eigenvalue weighted by molar-refractivity contribution is 5.93. The first-order chi connectivity index (χ1) is 9.56. The predicted molar refractivity (Wildman–Crippen MR) is 77.8 cm³/mol. The van der Waals surface area contributed by atoms with Crippen molar-refractivity contribution >= 4 is 23.2 Å². The number of primary amides is 1. The fraction of sp³-hybridized carbons (Fsp3) is 0.429. The summed E-state index contributed by atoms with van der Waals surface area (Å²) in [6, 6.07) is 7.16. The summed E-state index contributed by atoms with van der Waals surface area (Å²) in [7, 11) is 0. The normalized spacial score (nSPS) is 18.9. The standard InChI is InChI=1S/C14H20N4O2/c15-11-3-1-2-4-12(11)17-13(19)6-8-18-7-5-10(9-18)14(16)20/h1-4,10H,5-9,15H2,(H2,16,20)(H,17,19). The first-order valence-corrected chi connectivity index (χ1v) is 6.72. The minimum Gasteiger partial charge on any atom is -0.397 e. The Morgan fingerprint density at radius 1 is 1.35 bits per heavy atom. The molecule has 1 heterocycles. The van der Waals surface area contributed by atoms with Crippen LogP contribution in [0, 0.1) is 5.92 Å². The summed E-state index contributed by atoms with van der Waals surface area (Å²) in [4.78, 5) is 25.0. The second-order valence-electron chi connectivity index (χ2n) is 5.07. The predicted octanol–water partition coefficient (Wildman–Crippen LogP) is 0.405. The molecule has 1 fully saturated rings. The fourth-order valence-corrected chi connectivity index (χ4v) is 2.35. The van der Waals surface area contributed by atoms with E-state index in [0.29, 0.717) is 30.9 Å². The van der Waals surface area contributed by atoms with Crippen LogP contribution in [0.3, 0.4) is 0 Å². The molecule has 1 saturated heterocycles. The number of hydrogen-bond acceptors (Lipinski definition) is 4. The van der Waals surface area contributed by atoms with Gasteiger partial charge in [-0.1, -0.05) is 12.1 Å². The number of nitrogen functional groups attached to an aromatic ring is 1. The minimum absolute atomic E-state index is 0.0783. The van der Waals surface area contributed by atoms with Crippen molar-refractivity contribution in [2.75, 3.05) is 30.7 Å². The molecule has 20 heavy (non-hydrogen) atoms. The SMILES string of the molecule is NC(=O)C1CCN(CCC(=O)Nc2ccccc2N)C1. The van der Waals surface area contributed by atoms with Crippen LogP contribution in [0.25, 0.3) is 0 Å². The number of hydrogen-bond donors (Lipinski definition) is 3. The zero-order chi connectivity index (χ0) is 14.5. The van der Waals surface area contributed by atoms with Crippen molar-refractivity contribution in [2.45, 2.75) is 12.8 Å². The zero-order valence-electron chi connectivity index (χ0n) is 11.3. The van der Waals surface area contributed by atoms with Crippen LogP contribution in [0.15, 0.2) is 24.3 Å². The Kier molecular flexibility index (Phi) is 4.57. The Morgan fingerprint density at radius 3 is 2.75 bits per heavy atom. The summed E-state index contributed by atoms with van der Waals surface area (Å²) in [5.41, 5.74) is 12.2. The van der Waals surface area contributed by atoms with Gasteiger partial charge in [-0.3, -0.25) is 9.59 Å².